The third-order valence-electron chi connectivity index (χ3n) is 4.39. The molecule has 0 unspecified atom stereocenters. The molecule has 30 heavy (non-hydrogen) atoms. The van der Waals surface area contributed by atoms with E-state index in [4.69, 9.17) is 9.47 Å². The van der Waals surface area contributed by atoms with Gasteiger partial charge in [0.1, 0.15) is 24.3 Å². The largest absolute Gasteiger partial charge is 0.460 e. The average molecular weight is 419 g/mol. The molecule has 0 aliphatic heterocycles. The van der Waals surface area contributed by atoms with Gasteiger partial charge in [0.15, 0.2) is 0 Å². The summed E-state index contributed by atoms with van der Waals surface area (Å²) in [5, 5.41) is 5.37. The van der Waals surface area contributed by atoms with Crippen molar-refractivity contribution in [3.05, 3.63) is 48.6 Å². The van der Waals surface area contributed by atoms with E-state index in [9.17, 15) is 14.4 Å². The smallest absolute Gasteiger partial charge is 0.408 e. The summed E-state index contributed by atoms with van der Waals surface area (Å²) >= 11 is 0. The van der Waals surface area contributed by atoms with Gasteiger partial charge in [-0.15, -0.1) is 0 Å². The molecular weight excluding hydrogens is 384 g/mol. The second-order valence-electron chi connectivity index (χ2n) is 8.18. The Labute approximate surface area is 179 Å². The molecule has 7 heteroatoms. The van der Waals surface area contributed by atoms with Crippen molar-refractivity contribution >= 4 is 18.0 Å². The Kier molecular flexibility index (Phi) is 10.1. The summed E-state index contributed by atoms with van der Waals surface area (Å²) in [5.41, 5.74) is 0.184. The van der Waals surface area contributed by atoms with Crippen LogP contribution in [0.2, 0.25) is 0 Å². The van der Waals surface area contributed by atoms with Crippen LogP contribution in [0.1, 0.15) is 46.6 Å². The Hall–Kier alpha value is -2.83. The molecule has 0 heterocycles. The molecule has 0 aromatic heterocycles. The first kappa shape index (κ1) is 25.2. The Morgan fingerprint density at radius 1 is 1.13 bits per heavy atom. The van der Waals surface area contributed by atoms with E-state index >= 15 is 0 Å². The standard InChI is InChI=1S/C23H34N2O5/c1-7-14-29-21(27)18(15-17-12-10-9-11-13-17)24-20(26)19(16(3)8-2)25-22(28)30-23(4,5)6/h7,9-13,16,18-19H,1,8,14-15H2,2-6H3,(H,24,26)(H,25,28)/t16-,18-,19-/m0/s1. The summed E-state index contributed by atoms with van der Waals surface area (Å²) in [6, 6.07) is 7.57. The van der Waals surface area contributed by atoms with E-state index < -0.39 is 35.7 Å². The number of nitrogens with one attached hydrogen (secondary N) is 2. The second kappa shape index (κ2) is 12.0. The van der Waals surface area contributed by atoms with Crippen molar-refractivity contribution in [1.29, 1.82) is 0 Å². The van der Waals surface area contributed by atoms with Crippen LogP contribution in [0.5, 0.6) is 0 Å². The van der Waals surface area contributed by atoms with E-state index in [-0.39, 0.29) is 18.9 Å². The Morgan fingerprint density at radius 2 is 1.77 bits per heavy atom. The van der Waals surface area contributed by atoms with Gasteiger partial charge in [0.05, 0.1) is 0 Å². The maximum atomic E-state index is 13.0. The summed E-state index contributed by atoms with van der Waals surface area (Å²) < 4.78 is 10.4. The van der Waals surface area contributed by atoms with E-state index in [0.717, 1.165) is 5.56 Å². The maximum Gasteiger partial charge on any atom is 0.408 e. The van der Waals surface area contributed by atoms with Crippen molar-refractivity contribution in [3.8, 4) is 0 Å². The summed E-state index contributed by atoms with van der Waals surface area (Å²) in [7, 11) is 0. The zero-order valence-corrected chi connectivity index (χ0v) is 18.6. The van der Waals surface area contributed by atoms with Crippen molar-refractivity contribution in [3.63, 3.8) is 0 Å². The van der Waals surface area contributed by atoms with Crippen LogP contribution in [-0.2, 0) is 25.5 Å². The summed E-state index contributed by atoms with van der Waals surface area (Å²) in [6.45, 7) is 12.6. The summed E-state index contributed by atoms with van der Waals surface area (Å²) in [4.78, 5) is 37.8. The highest BCUT2D eigenvalue weighted by Crippen LogP contribution is 2.13. The molecule has 1 aromatic rings. The quantitative estimate of drug-likeness (QED) is 0.449. The average Bonchev–Trinajstić information content (AvgIpc) is 2.68. The highest BCUT2D eigenvalue weighted by atomic mass is 16.6. The minimum Gasteiger partial charge on any atom is -0.460 e. The van der Waals surface area contributed by atoms with Gasteiger partial charge in [0, 0.05) is 6.42 Å². The Balaban J connectivity index is 2.97. The lowest BCUT2D eigenvalue weighted by atomic mass is 9.97. The molecule has 0 aliphatic rings. The third-order valence-corrected chi connectivity index (χ3v) is 4.39. The van der Waals surface area contributed by atoms with E-state index in [1.54, 1.807) is 20.8 Å². The fourth-order valence-corrected chi connectivity index (χ4v) is 2.68. The van der Waals surface area contributed by atoms with Crippen LogP contribution in [0.4, 0.5) is 4.79 Å². The lowest BCUT2D eigenvalue weighted by Gasteiger charge is -2.27. The molecule has 0 radical (unpaired) electrons. The van der Waals surface area contributed by atoms with Gasteiger partial charge in [0.25, 0.3) is 0 Å². The Morgan fingerprint density at radius 3 is 2.30 bits per heavy atom. The van der Waals surface area contributed by atoms with Crippen LogP contribution < -0.4 is 10.6 Å². The summed E-state index contributed by atoms with van der Waals surface area (Å²) in [6.07, 6.45) is 1.70. The van der Waals surface area contributed by atoms with Gasteiger partial charge in [-0.25, -0.2) is 9.59 Å². The first-order chi connectivity index (χ1) is 14.1. The summed E-state index contributed by atoms with van der Waals surface area (Å²) in [5.74, 6) is -1.20. The van der Waals surface area contributed by atoms with Crippen LogP contribution in [0.25, 0.3) is 0 Å². The lowest BCUT2D eigenvalue weighted by Crippen LogP contribution is -2.55. The first-order valence-electron chi connectivity index (χ1n) is 10.2. The van der Waals surface area contributed by atoms with Crippen molar-refractivity contribution in [2.24, 2.45) is 5.92 Å². The first-order valence-corrected chi connectivity index (χ1v) is 10.2. The van der Waals surface area contributed by atoms with Gasteiger partial charge in [-0.1, -0.05) is 63.3 Å². The van der Waals surface area contributed by atoms with E-state index in [1.807, 2.05) is 44.2 Å². The molecular formula is C23H34N2O5. The molecule has 3 atom stereocenters. The molecule has 7 nitrogen and oxygen atoms in total. The minimum absolute atomic E-state index is 0.0466. The van der Waals surface area contributed by atoms with E-state index in [2.05, 4.69) is 17.2 Å². The number of esters is 1. The fourth-order valence-electron chi connectivity index (χ4n) is 2.68. The number of rotatable bonds is 10. The SMILES string of the molecule is C=CCOC(=O)[C@H](Cc1ccccc1)NC(=O)[C@@H](NC(=O)OC(C)(C)C)[C@@H](C)CC. The predicted molar refractivity (Wildman–Crippen MR) is 116 cm³/mol. The molecule has 0 spiro atoms. The highest BCUT2D eigenvalue weighted by Gasteiger charge is 2.31. The zero-order valence-electron chi connectivity index (χ0n) is 18.6. The van der Waals surface area contributed by atoms with Gasteiger partial charge in [0.2, 0.25) is 5.91 Å². The number of alkyl carbamates (subject to hydrolysis) is 1. The molecule has 0 fully saturated rings. The molecule has 166 valence electrons. The van der Waals surface area contributed by atoms with Crippen LogP contribution in [0.3, 0.4) is 0 Å². The van der Waals surface area contributed by atoms with Crippen molar-refractivity contribution < 1.29 is 23.9 Å². The molecule has 1 rings (SSSR count). The van der Waals surface area contributed by atoms with Crippen LogP contribution in [-0.4, -0.2) is 42.3 Å². The van der Waals surface area contributed by atoms with Crippen LogP contribution in [0.15, 0.2) is 43.0 Å². The number of carbonyl (C=O) groups excluding carboxylic acids is 3. The normalized spacial score (nSPS) is 14.0. The van der Waals surface area contributed by atoms with E-state index in [0.29, 0.717) is 6.42 Å². The van der Waals surface area contributed by atoms with Crippen LogP contribution in [0, 0.1) is 5.92 Å². The molecule has 0 bridgehead atoms. The van der Waals surface area contributed by atoms with Crippen LogP contribution >= 0.6 is 0 Å². The number of hydrogen-bond acceptors (Lipinski definition) is 5. The second-order valence-corrected chi connectivity index (χ2v) is 8.18. The zero-order chi connectivity index (χ0) is 22.7. The molecule has 0 saturated carbocycles. The Bertz CT molecular complexity index is 712. The molecule has 0 saturated heterocycles. The lowest BCUT2D eigenvalue weighted by molar-refractivity contribution is -0.147. The number of hydrogen-bond donors (Lipinski definition) is 2. The molecule has 2 amide bonds. The van der Waals surface area contributed by atoms with E-state index in [1.165, 1.54) is 6.08 Å². The molecule has 2 N–H and O–H groups in total. The van der Waals surface area contributed by atoms with Crippen molar-refractivity contribution in [2.75, 3.05) is 6.61 Å². The molecule has 1 aromatic carbocycles. The van der Waals surface area contributed by atoms with Gasteiger partial charge in [-0.05, 0) is 32.3 Å². The number of benzene rings is 1. The maximum absolute atomic E-state index is 13.0. The monoisotopic (exact) mass is 418 g/mol. The van der Waals surface area contributed by atoms with Gasteiger partial charge in [-0.3, -0.25) is 4.79 Å². The van der Waals surface area contributed by atoms with Crippen molar-refractivity contribution in [2.45, 2.75) is 65.1 Å². The van der Waals surface area contributed by atoms with Crippen molar-refractivity contribution in [1.82, 2.24) is 10.6 Å². The van der Waals surface area contributed by atoms with Gasteiger partial charge >= 0.3 is 12.1 Å². The van der Waals surface area contributed by atoms with Gasteiger partial charge < -0.3 is 20.1 Å². The number of amides is 2. The topological polar surface area (TPSA) is 93.7 Å². The highest BCUT2D eigenvalue weighted by molar-refractivity contribution is 5.90. The predicted octanol–water partition coefficient (Wildman–Crippen LogP) is 3.38. The third kappa shape index (κ3) is 9.11. The number of ether oxygens (including phenoxy) is 2. The fraction of sp³-hybridized carbons (Fsp3) is 0.522. The van der Waals surface area contributed by atoms with Gasteiger partial charge in [-0.2, -0.15) is 0 Å². The minimum atomic E-state index is -0.896. The molecule has 0 aliphatic carbocycles. The number of carbonyl (C=O) groups is 3.